The number of aromatic hydroxyl groups is 2. The van der Waals surface area contributed by atoms with Crippen molar-refractivity contribution >= 4 is 5.91 Å². The monoisotopic (exact) mass is 370 g/mol. The Hall–Kier alpha value is -3.29. The second kappa shape index (κ2) is 7.14. The molecule has 0 radical (unpaired) electrons. The molecule has 0 aliphatic heterocycles. The highest BCUT2D eigenvalue weighted by molar-refractivity contribution is 5.97. The van der Waals surface area contributed by atoms with E-state index >= 15 is 0 Å². The van der Waals surface area contributed by atoms with E-state index in [0.29, 0.717) is 35.4 Å². The first-order chi connectivity index (χ1) is 12.8. The van der Waals surface area contributed by atoms with Crippen LogP contribution in [0.25, 0.3) is 11.3 Å². The number of hydrogen-bond acceptors (Lipinski definition) is 6. The summed E-state index contributed by atoms with van der Waals surface area (Å²) in [7, 11) is 1.77. The molecule has 0 atom stereocenters. The van der Waals surface area contributed by atoms with Crippen molar-refractivity contribution in [3.05, 3.63) is 47.0 Å². The molecule has 8 nitrogen and oxygen atoms in total. The molecule has 142 valence electrons. The zero-order valence-electron chi connectivity index (χ0n) is 15.4. The molecule has 0 unspecified atom stereocenters. The van der Waals surface area contributed by atoms with Crippen LogP contribution in [-0.4, -0.2) is 31.1 Å². The van der Waals surface area contributed by atoms with Crippen LogP contribution in [-0.2, 0) is 19.9 Å². The van der Waals surface area contributed by atoms with Crippen molar-refractivity contribution < 1.29 is 19.5 Å². The molecule has 0 aliphatic rings. The summed E-state index contributed by atoms with van der Waals surface area (Å²) >= 11 is 0. The van der Waals surface area contributed by atoms with Gasteiger partial charge in [-0.2, -0.15) is 5.10 Å². The standard InChI is InChI=1S/C19H22N4O4/c1-10(2)12-8-11(14(24)9-15(12)25)4-5-16-17(13-6-7-23(3)21-13)18(19(20)26)22-27-16/h6-10,24-25H,4-5H2,1-3H3,(H2,20,26). The van der Waals surface area contributed by atoms with Crippen LogP contribution in [0.5, 0.6) is 11.5 Å². The maximum Gasteiger partial charge on any atom is 0.271 e. The van der Waals surface area contributed by atoms with Crippen LogP contribution in [0, 0.1) is 0 Å². The van der Waals surface area contributed by atoms with Crippen LogP contribution < -0.4 is 5.73 Å². The summed E-state index contributed by atoms with van der Waals surface area (Å²) in [6.45, 7) is 3.93. The summed E-state index contributed by atoms with van der Waals surface area (Å²) in [6, 6.07) is 4.87. The van der Waals surface area contributed by atoms with Gasteiger partial charge in [-0.3, -0.25) is 9.48 Å². The van der Waals surface area contributed by atoms with Crippen LogP contribution in [0.2, 0.25) is 0 Å². The summed E-state index contributed by atoms with van der Waals surface area (Å²) in [5.41, 5.74) is 7.86. The summed E-state index contributed by atoms with van der Waals surface area (Å²) in [6.07, 6.45) is 2.55. The summed E-state index contributed by atoms with van der Waals surface area (Å²) < 4.78 is 6.96. The third kappa shape index (κ3) is 3.64. The van der Waals surface area contributed by atoms with Gasteiger partial charge in [0.2, 0.25) is 0 Å². The van der Waals surface area contributed by atoms with Crippen molar-refractivity contribution in [1.82, 2.24) is 14.9 Å². The third-order valence-corrected chi connectivity index (χ3v) is 4.44. The average molecular weight is 370 g/mol. The van der Waals surface area contributed by atoms with Gasteiger partial charge < -0.3 is 20.5 Å². The van der Waals surface area contributed by atoms with E-state index in [2.05, 4.69) is 10.3 Å². The molecule has 1 aromatic carbocycles. The number of carbonyl (C=O) groups excluding carboxylic acids is 1. The largest absolute Gasteiger partial charge is 0.508 e. The van der Waals surface area contributed by atoms with E-state index in [1.54, 1.807) is 30.1 Å². The Morgan fingerprint density at radius 3 is 2.59 bits per heavy atom. The van der Waals surface area contributed by atoms with E-state index in [0.717, 1.165) is 5.56 Å². The number of rotatable bonds is 6. The van der Waals surface area contributed by atoms with Crippen LogP contribution >= 0.6 is 0 Å². The minimum Gasteiger partial charge on any atom is -0.508 e. The molecule has 2 aromatic heterocycles. The fraction of sp³-hybridized carbons (Fsp3) is 0.316. The second-order valence-electron chi connectivity index (χ2n) is 6.76. The number of phenols is 2. The predicted molar refractivity (Wildman–Crippen MR) is 98.5 cm³/mol. The maximum atomic E-state index is 11.7. The van der Waals surface area contributed by atoms with Gasteiger partial charge in [-0.05, 0) is 35.6 Å². The number of nitrogens with zero attached hydrogens (tertiary/aromatic N) is 3. The average Bonchev–Trinajstić information content (AvgIpc) is 3.19. The number of aryl methyl sites for hydroxylation is 3. The van der Waals surface area contributed by atoms with E-state index in [-0.39, 0.29) is 23.1 Å². The Labute approximate surface area is 156 Å². The Morgan fingerprint density at radius 1 is 1.26 bits per heavy atom. The number of aromatic nitrogens is 3. The minimum absolute atomic E-state index is 0.00549. The highest BCUT2D eigenvalue weighted by Gasteiger charge is 2.23. The van der Waals surface area contributed by atoms with Crippen LogP contribution in [0.1, 0.15) is 47.1 Å². The molecule has 0 fully saturated rings. The Kier molecular flexibility index (Phi) is 4.89. The lowest BCUT2D eigenvalue weighted by molar-refractivity contribution is 0.0992. The molecular weight excluding hydrogens is 348 g/mol. The smallest absolute Gasteiger partial charge is 0.271 e. The van der Waals surface area contributed by atoms with Crippen molar-refractivity contribution in [1.29, 1.82) is 0 Å². The number of phenolic OH excluding ortho intramolecular Hbond substituents is 2. The SMILES string of the molecule is CC(C)c1cc(CCc2onc(C(N)=O)c2-c2ccn(C)n2)c(O)cc1O. The Morgan fingerprint density at radius 2 is 2.00 bits per heavy atom. The van der Waals surface area contributed by atoms with Gasteiger partial charge in [-0.1, -0.05) is 19.0 Å². The van der Waals surface area contributed by atoms with Crippen molar-refractivity contribution in [2.45, 2.75) is 32.6 Å². The van der Waals surface area contributed by atoms with Gasteiger partial charge in [0.05, 0.1) is 11.3 Å². The molecule has 8 heteroatoms. The topological polar surface area (TPSA) is 127 Å². The summed E-state index contributed by atoms with van der Waals surface area (Å²) in [4.78, 5) is 11.7. The normalized spacial score (nSPS) is 11.3. The predicted octanol–water partition coefficient (Wildman–Crippen LogP) is 2.49. The quantitative estimate of drug-likeness (QED) is 0.612. The lowest BCUT2D eigenvalue weighted by atomic mass is 9.96. The first-order valence-electron chi connectivity index (χ1n) is 8.61. The molecule has 2 heterocycles. The third-order valence-electron chi connectivity index (χ3n) is 4.44. The van der Waals surface area contributed by atoms with Gasteiger partial charge in [-0.15, -0.1) is 0 Å². The van der Waals surface area contributed by atoms with Gasteiger partial charge in [0.1, 0.15) is 17.3 Å². The van der Waals surface area contributed by atoms with Gasteiger partial charge in [0, 0.05) is 25.7 Å². The van der Waals surface area contributed by atoms with Crippen LogP contribution in [0.15, 0.2) is 28.9 Å². The molecule has 0 bridgehead atoms. The molecule has 0 aliphatic carbocycles. The molecule has 0 spiro atoms. The number of primary amides is 1. The van der Waals surface area contributed by atoms with Gasteiger partial charge in [0.15, 0.2) is 5.69 Å². The van der Waals surface area contributed by atoms with Gasteiger partial charge in [0.25, 0.3) is 5.91 Å². The van der Waals surface area contributed by atoms with E-state index in [9.17, 15) is 15.0 Å². The zero-order valence-corrected chi connectivity index (χ0v) is 15.4. The van der Waals surface area contributed by atoms with Crippen molar-refractivity contribution in [3.63, 3.8) is 0 Å². The van der Waals surface area contributed by atoms with Crippen molar-refractivity contribution in [2.75, 3.05) is 0 Å². The molecule has 3 rings (SSSR count). The Balaban J connectivity index is 1.94. The number of hydrogen-bond donors (Lipinski definition) is 3. The molecule has 0 saturated heterocycles. The lowest BCUT2D eigenvalue weighted by Crippen LogP contribution is -2.13. The molecular formula is C19H22N4O4. The molecule has 0 saturated carbocycles. The van der Waals surface area contributed by atoms with E-state index in [1.165, 1.54) is 6.07 Å². The molecule has 27 heavy (non-hydrogen) atoms. The molecule has 3 aromatic rings. The number of amides is 1. The molecule has 1 amide bonds. The summed E-state index contributed by atoms with van der Waals surface area (Å²) in [5, 5.41) is 28.2. The number of nitrogens with two attached hydrogens (primary N) is 1. The maximum absolute atomic E-state index is 11.7. The van der Waals surface area contributed by atoms with Gasteiger partial charge >= 0.3 is 0 Å². The van der Waals surface area contributed by atoms with Gasteiger partial charge in [-0.25, -0.2) is 0 Å². The zero-order chi connectivity index (χ0) is 19.7. The molecule has 4 N–H and O–H groups in total. The minimum atomic E-state index is -0.694. The second-order valence-corrected chi connectivity index (χ2v) is 6.76. The van der Waals surface area contributed by atoms with E-state index in [1.807, 2.05) is 13.8 Å². The van der Waals surface area contributed by atoms with Crippen LogP contribution in [0.3, 0.4) is 0 Å². The first kappa shape index (κ1) is 18.5. The first-order valence-corrected chi connectivity index (χ1v) is 8.61. The highest BCUT2D eigenvalue weighted by atomic mass is 16.5. The number of carbonyl (C=O) groups is 1. The van der Waals surface area contributed by atoms with Crippen molar-refractivity contribution in [2.24, 2.45) is 12.8 Å². The highest BCUT2D eigenvalue weighted by Crippen LogP contribution is 2.34. The van der Waals surface area contributed by atoms with Crippen LogP contribution in [0.4, 0.5) is 0 Å². The lowest BCUT2D eigenvalue weighted by Gasteiger charge is -2.12. The van der Waals surface area contributed by atoms with Crippen molar-refractivity contribution in [3.8, 4) is 22.8 Å². The number of benzene rings is 1. The Bertz CT molecular complexity index is 988. The van der Waals surface area contributed by atoms with E-state index < -0.39 is 5.91 Å². The fourth-order valence-electron chi connectivity index (χ4n) is 3.03. The van der Waals surface area contributed by atoms with E-state index in [4.69, 9.17) is 10.3 Å². The summed E-state index contributed by atoms with van der Waals surface area (Å²) in [5.74, 6) is -0.0523. The fourth-order valence-corrected chi connectivity index (χ4v) is 3.03.